The fraction of sp³-hybridized carbons (Fsp3) is 0.150. The van der Waals surface area contributed by atoms with Crippen LogP contribution in [0.5, 0.6) is 5.75 Å². The third kappa shape index (κ3) is 4.57. The number of rotatable bonds is 6. The normalized spacial score (nSPS) is 10.8. The number of esters is 1. The third-order valence-corrected chi connectivity index (χ3v) is 3.59. The highest BCUT2D eigenvalue weighted by Gasteiger charge is 2.10. The summed E-state index contributed by atoms with van der Waals surface area (Å²) in [5, 5.41) is 3.89. The van der Waals surface area contributed by atoms with Gasteiger partial charge in [-0.25, -0.2) is 4.79 Å². The maximum atomic E-state index is 11.8. The molecule has 26 heavy (non-hydrogen) atoms. The molecule has 0 aliphatic rings. The first kappa shape index (κ1) is 17.4. The smallest absolute Gasteiger partial charge is 0.331 e. The number of carbonyl (C=O) groups is 1. The molecule has 2 aromatic carbocycles. The van der Waals surface area contributed by atoms with Crippen LogP contribution in [0, 0.1) is 6.92 Å². The summed E-state index contributed by atoms with van der Waals surface area (Å²) in [5.41, 5.74) is 2.81. The maximum Gasteiger partial charge on any atom is 0.331 e. The maximum absolute atomic E-state index is 11.8. The third-order valence-electron chi connectivity index (χ3n) is 3.59. The molecule has 1 heterocycles. The van der Waals surface area contributed by atoms with Crippen molar-refractivity contribution in [1.82, 2.24) is 10.1 Å². The lowest BCUT2D eigenvalue weighted by Gasteiger charge is -2.00. The van der Waals surface area contributed by atoms with Crippen molar-refractivity contribution < 1.29 is 18.8 Å². The number of hydrogen-bond donors (Lipinski definition) is 0. The van der Waals surface area contributed by atoms with Gasteiger partial charge in [-0.2, -0.15) is 4.98 Å². The van der Waals surface area contributed by atoms with Gasteiger partial charge in [-0.1, -0.05) is 47.1 Å². The first-order chi connectivity index (χ1) is 12.6. The second-order valence-electron chi connectivity index (χ2n) is 5.60. The summed E-state index contributed by atoms with van der Waals surface area (Å²) in [5.74, 6) is 0.847. The van der Waals surface area contributed by atoms with Crippen LogP contribution in [0.2, 0.25) is 0 Å². The summed E-state index contributed by atoms with van der Waals surface area (Å²) in [7, 11) is 1.59. The number of aromatic nitrogens is 2. The molecule has 0 saturated carbocycles. The van der Waals surface area contributed by atoms with E-state index in [1.165, 1.54) is 6.08 Å². The minimum Gasteiger partial charge on any atom is -0.497 e. The molecule has 0 unspecified atom stereocenters. The van der Waals surface area contributed by atoms with Crippen molar-refractivity contribution in [2.75, 3.05) is 7.11 Å². The second kappa shape index (κ2) is 8.11. The Kier molecular flexibility index (Phi) is 5.43. The Morgan fingerprint density at radius 1 is 1.19 bits per heavy atom. The molecule has 0 N–H and O–H groups in total. The van der Waals surface area contributed by atoms with Crippen molar-refractivity contribution in [1.29, 1.82) is 0 Å². The van der Waals surface area contributed by atoms with Crippen molar-refractivity contribution in [2.45, 2.75) is 13.5 Å². The molecule has 6 nitrogen and oxygen atoms in total. The molecule has 132 valence electrons. The molecule has 0 atom stereocenters. The predicted octanol–water partition coefficient (Wildman–Crippen LogP) is 3.81. The Morgan fingerprint density at radius 2 is 2.04 bits per heavy atom. The molecule has 3 rings (SSSR count). The fourth-order valence-corrected chi connectivity index (χ4v) is 2.31. The van der Waals surface area contributed by atoms with Crippen LogP contribution in [0.3, 0.4) is 0 Å². The van der Waals surface area contributed by atoms with Crippen molar-refractivity contribution in [2.24, 2.45) is 0 Å². The highest BCUT2D eigenvalue weighted by molar-refractivity contribution is 5.87. The molecule has 0 spiro atoms. The van der Waals surface area contributed by atoms with Gasteiger partial charge >= 0.3 is 5.97 Å². The molecule has 0 saturated heterocycles. The number of benzene rings is 2. The van der Waals surface area contributed by atoms with Gasteiger partial charge < -0.3 is 14.0 Å². The molecule has 0 aliphatic heterocycles. The Labute approximate surface area is 151 Å². The lowest BCUT2D eigenvalue weighted by atomic mass is 10.1. The summed E-state index contributed by atoms with van der Waals surface area (Å²) < 4.78 is 15.4. The number of ether oxygens (including phenoxy) is 2. The van der Waals surface area contributed by atoms with Crippen LogP contribution in [-0.4, -0.2) is 23.2 Å². The fourth-order valence-electron chi connectivity index (χ4n) is 2.31. The number of nitrogens with zero attached hydrogens (tertiary/aromatic N) is 2. The molecular weight excluding hydrogens is 332 g/mol. The first-order valence-electron chi connectivity index (χ1n) is 8.02. The van der Waals surface area contributed by atoms with Gasteiger partial charge in [-0.15, -0.1) is 0 Å². The zero-order valence-corrected chi connectivity index (χ0v) is 14.5. The van der Waals surface area contributed by atoms with E-state index >= 15 is 0 Å². The van der Waals surface area contributed by atoms with Crippen LogP contribution >= 0.6 is 0 Å². The SMILES string of the molecule is COc1cccc(-c2noc(COC(=O)/C=C/c3cccc(C)c3)n2)c1. The molecule has 0 bridgehead atoms. The van der Waals surface area contributed by atoms with Crippen LogP contribution in [0.1, 0.15) is 17.0 Å². The topological polar surface area (TPSA) is 74.5 Å². The monoisotopic (exact) mass is 350 g/mol. The van der Waals surface area contributed by atoms with E-state index in [2.05, 4.69) is 10.1 Å². The Hall–Kier alpha value is -3.41. The number of hydrogen-bond acceptors (Lipinski definition) is 6. The van der Waals surface area contributed by atoms with E-state index in [9.17, 15) is 4.79 Å². The molecule has 0 fully saturated rings. The molecule has 0 radical (unpaired) electrons. The van der Waals surface area contributed by atoms with Gasteiger partial charge in [0.1, 0.15) is 5.75 Å². The number of methoxy groups -OCH3 is 1. The Balaban J connectivity index is 1.58. The highest BCUT2D eigenvalue weighted by Crippen LogP contribution is 2.21. The molecule has 0 amide bonds. The van der Waals surface area contributed by atoms with Gasteiger partial charge in [0.2, 0.25) is 5.82 Å². The van der Waals surface area contributed by atoms with Crippen molar-refractivity contribution >= 4 is 12.0 Å². The van der Waals surface area contributed by atoms with E-state index in [1.807, 2.05) is 49.4 Å². The van der Waals surface area contributed by atoms with E-state index in [0.29, 0.717) is 11.6 Å². The van der Waals surface area contributed by atoms with Crippen molar-refractivity contribution in [3.8, 4) is 17.1 Å². The van der Waals surface area contributed by atoms with Crippen LogP contribution in [0.15, 0.2) is 59.1 Å². The molecule has 6 heteroatoms. The summed E-state index contributed by atoms with van der Waals surface area (Å²) in [4.78, 5) is 16.0. The summed E-state index contributed by atoms with van der Waals surface area (Å²) in [6, 6.07) is 15.1. The summed E-state index contributed by atoms with van der Waals surface area (Å²) in [6.07, 6.45) is 3.07. The summed E-state index contributed by atoms with van der Waals surface area (Å²) >= 11 is 0. The number of aryl methyl sites for hydroxylation is 1. The van der Waals surface area contributed by atoms with Crippen LogP contribution in [0.25, 0.3) is 17.5 Å². The Bertz CT molecular complexity index is 931. The van der Waals surface area contributed by atoms with Gasteiger partial charge in [0.05, 0.1) is 7.11 Å². The average molecular weight is 350 g/mol. The lowest BCUT2D eigenvalue weighted by molar-refractivity contribution is -0.139. The second-order valence-corrected chi connectivity index (χ2v) is 5.60. The van der Waals surface area contributed by atoms with Crippen molar-refractivity contribution in [3.05, 3.63) is 71.6 Å². The standard InChI is InChI=1S/C20H18N2O4/c1-14-5-3-6-15(11-14)9-10-19(23)25-13-18-21-20(22-26-18)16-7-4-8-17(12-16)24-2/h3-12H,13H2,1-2H3/b10-9+. The molecule has 3 aromatic rings. The number of carbonyl (C=O) groups excluding carboxylic acids is 1. The average Bonchev–Trinajstić information content (AvgIpc) is 3.14. The molecular formula is C20H18N2O4. The van der Waals surface area contributed by atoms with Gasteiger partial charge in [0, 0.05) is 11.6 Å². The lowest BCUT2D eigenvalue weighted by Crippen LogP contribution is -2.01. The van der Waals surface area contributed by atoms with E-state index < -0.39 is 5.97 Å². The first-order valence-corrected chi connectivity index (χ1v) is 8.02. The van der Waals surface area contributed by atoms with Gasteiger partial charge in [-0.3, -0.25) is 0 Å². The van der Waals surface area contributed by atoms with Gasteiger partial charge in [-0.05, 0) is 30.7 Å². The van der Waals surface area contributed by atoms with Crippen LogP contribution in [0.4, 0.5) is 0 Å². The van der Waals surface area contributed by atoms with Crippen LogP contribution in [-0.2, 0) is 16.1 Å². The molecule has 0 aliphatic carbocycles. The zero-order chi connectivity index (χ0) is 18.4. The Morgan fingerprint density at radius 3 is 2.85 bits per heavy atom. The van der Waals surface area contributed by atoms with E-state index in [1.54, 1.807) is 19.3 Å². The van der Waals surface area contributed by atoms with Crippen LogP contribution < -0.4 is 4.74 Å². The van der Waals surface area contributed by atoms with E-state index in [0.717, 1.165) is 16.7 Å². The minimum atomic E-state index is -0.479. The van der Waals surface area contributed by atoms with E-state index in [-0.39, 0.29) is 12.5 Å². The quantitative estimate of drug-likeness (QED) is 0.497. The highest BCUT2D eigenvalue weighted by atomic mass is 16.6. The molecule has 1 aromatic heterocycles. The predicted molar refractivity (Wildman–Crippen MR) is 96.3 cm³/mol. The van der Waals surface area contributed by atoms with Gasteiger partial charge in [0.25, 0.3) is 5.89 Å². The van der Waals surface area contributed by atoms with Gasteiger partial charge in [0.15, 0.2) is 6.61 Å². The zero-order valence-electron chi connectivity index (χ0n) is 14.5. The van der Waals surface area contributed by atoms with Crippen molar-refractivity contribution in [3.63, 3.8) is 0 Å². The largest absolute Gasteiger partial charge is 0.497 e. The van der Waals surface area contributed by atoms with E-state index in [4.69, 9.17) is 14.0 Å². The minimum absolute atomic E-state index is 0.0893. The summed E-state index contributed by atoms with van der Waals surface area (Å²) in [6.45, 7) is 1.90.